The highest BCUT2D eigenvalue weighted by atomic mass is 35.5. The molecular weight excluding hydrogens is 474 g/mol. The normalized spacial score (nSPS) is 19.8. The van der Waals surface area contributed by atoms with Gasteiger partial charge in [0, 0.05) is 17.0 Å². The van der Waals surface area contributed by atoms with E-state index in [4.69, 9.17) is 25.8 Å². The van der Waals surface area contributed by atoms with E-state index in [1.807, 2.05) is 4.98 Å². The van der Waals surface area contributed by atoms with Crippen LogP contribution in [0.1, 0.15) is 28.6 Å². The number of halogens is 3. The summed E-state index contributed by atoms with van der Waals surface area (Å²) >= 11 is 5.78. The number of benzene rings is 2. The van der Waals surface area contributed by atoms with E-state index in [1.54, 1.807) is 30.3 Å². The molecule has 0 spiro atoms. The van der Waals surface area contributed by atoms with Gasteiger partial charge in [0.1, 0.15) is 24.8 Å². The van der Waals surface area contributed by atoms with Crippen LogP contribution in [0.4, 0.5) is 8.78 Å². The molecule has 2 heterocycles. The summed E-state index contributed by atoms with van der Waals surface area (Å²) in [6, 6.07) is 12.4. The summed E-state index contributed by atoms with van der Waals surface area (Å²) in [7, 11) is 0. The third kappa shape index (κ3) is 5.41. The van der Waals surface area contributed by atoms with Gasteiger partial charge in [0.15, 0.2) is 0 Å². The molecule has 11 heteroatoms. The first-order valence-electron chi connectivity index (χ1n) is 10.3. The van der Waals surface area contributed by atoms with Gasteiger partial charge in [-0.2, -0.15) is 4.39 Å². The number of hydrogen-bond donors (Lipinski definition) is 1. The van der Waals surface area contributed by atoms with Crippen molar-refractivity contribution in [3.05, 3.63) is 103 Å². The first-order chi connectivity index (χ1) is 16.3. The average molecular weight is 493 g/mol. The highest BCUT2D eigenvalue weighted by Gasteiger charge is 2.39. The number of aromatic amines is 1. The number of nitrogens with one attached hydrogen (secondary N) is 1. The SMILES string of the molecule is O=C(OC[C@@H]1O[C@H](n2cc(F)c(=O)[nH]c2=O)CC1OCc1ccc(Cl)cc1F)c1ccccc1. The first-order valence-corrected chi connectivity index (χ1v) is 10.6. The lowest BCUT2D eigenvalue weighted by molar-refractivity contribution is -0.0711. The topological polar surface area (TPSA) is 99.6 Å². The van der Waals surface area contributed by atoms with E-state index >= 15 is 0 Å². The Balaban J connectivity index is 1.51. The third-order valence-electron chi connectivity index (χ3n) is 5.27. The van der Waals surface area contributed by atoms with Gasteiger partial charge in [-0.3, -0.25) is 14.3 Å². The molecule has 1 N–H and O–H groups in total. The van der Waals surface area contributed by atoms with Crippen LogP contribution in [0.15, 0.2) is 64.3 Å². The molecule has 8 nitrogen and oxygen atoms in total. The molecule has 178 valence electrons. The molecule has 4 rings (SSSR count). The highest BCUT2D eigenvalue weighted by Crippen LogP contribution is 2.31. The zero-order valence-electron chi connectivity index (χ0n) is 17.6. The van der Waals surface area contributed by atoms with Gasteiger partial charge in [0.2, 0.25) is 5.82 Å². The first kappa shape index (κ1) is 23.8. The second-order valence-electron chi connectivity index (χ2n) is 7.56. The standard InChI is InChI=1S/C23H19ClF2N2O6/c24-15-7-6-14(16(25)8-15)11-32-18-9-20(28-10-17(26)21(29)27-23(28)31)34-19(18)12-33-22(30)13-4-2-1-3-5-13/h1-8,10,18-20H,9,11-12H2,(H,27,29,31)/t18?,19-,20-/m0/s1. The highest BCUT2D eigenvalue weighted by molar-refractivity contribution is 6.30. The maximum atomic E-state index is 14.2. The lowest BCUT2D eigenvalue weighted by Crippen LogP contribution is -2.34. The number of carbonyl (C=O) groups excluding carboxylic acids is 1. The summed E-state index contributed by atoms with van der Waals surface area (Å²) in [5, 5.41) is 0.232. The predicted octanol–water partition coefficient (Wildman–Crippen LogP) is 3.20. The van der Waals surface area contributed by atoms with Gasteiger partial charge in [-0.05, 0) is 24.3 Å². The molecule has 1 aliphatic rings. The van der Waals surface area contributed by atoms with Crippen LogP contribution < -0.4 is 11.2 Å². The monoisotopic (exact) mass is 492 g/mol. The summed E-state index contributed by atoms with van der Waals surface area (Å²) in [6.45, 7) is -0.389. The maximum Gasteiger partial charge on any atom is 0.338 e. The molecule has 0 aliphatic carbocycles. The molecule has 0 saturated carbocycles. The summed E-state index contributed by atoms with van der Waals surface area (Å²) < 4.78 is 45.8. The van der Waals surface area contributed by atoms with Gasteiger partial charge in [0.05, 0.1) is 24.5 Å². The van der Waals surface area contributed by atoms with Crippen molar-refractivity contribution in [3.63, 3.8) is 0 Å². The van der Waals surface area contributed by atoms with E-state index in [9.17, 15) is 23.2 Å². The van der Waals surface area contributed by atoms with Gasteiger partial charge in [-0.1, -0.05) is 35.9 Å². The fourth-order valence-electron chi connectivity index (χ4n) is 3.52. The van der Waals surface area contributed by atoms with Crippen molar-refractivity contribution < 1.29 is 27.8 Å². The van der Waals surface area contributed by atoms with E-state index in [-0.39, 0.29) is 30.2 Å². The van der Waals surface area contributed by atoms with E-state index in [0.717, 1.165) is 16.8 Å². The second-order valence-corrected chi connectivity index (χ2v) is 7.99. The molecule has 0 amide bonds. The summed E-state index contributed by atoms with van der Waals surface area (Å²) in [6.07, 6.45) is -1.83. The van der Waals surface area contributed by atoms with Crippen LogP contribution in [-0.2, 0) is 20.8 Å². The lowest BCUT2D eigenvalue weighted by atomic mass is 10.1. The molecule has 2 aromatic carbocycles. The number of hydrogen-bond acceptors (Lipinski definition) is 6. The molecule has 1 unspecified atom stereocenters. The number of esters is 1. The van der Waals surface area contributed by atoms with Crippen molar-refractivity contribution in [1.82, 2.24) is 9.55 Å². The van der Waals surface area contributed by atoms with Gasteiger partial charge in [0.25, 0.3) is 5.56 Å². The molecule has 1 aromatic heterocycles. The van der Waals surface area contributed by atoms with Gasteiger partial charge in [-0.25, -0.2) is 14.0 Å². The fraction of sp³-hybridized carbons (Fsp3) is 0.261. The summed E-state index contributed by atoms with van der Waals surface area (Å²) in [5.41, 5.74) is -1.46. The molecule has 34 heavy (non-hydrogen) atoms. The molecule has 1 aliphatic heterocycles. The Morgan fingerprint density at radius 3 is 2.65 bits per heavy atom. The molecule has 3 aromatic rings. The van der Waals surface area contributed by atoms with Crippen LogP contribution in [-0.4, -0.2) is 34.3 Å². The number of nitrogens with zero attached hydrogens (tertiary/aromatic N) is 1. The van der Waals surface area contributed by atoms with Crippen molar-refractivity contribution in [2.24, 2.45) is 0 Å². The number of H-pyrrole nitrogens is 1. The van der Waals surface area contributed by atoms with Crippen molar-refractivity contribution >= 4 is 17.6 Å². The molecule has 0 radical (unpaired) electrons. The molecule has 3 atom stereocenters. The van der Waals surface area contributed by atoms with Crippen LogP contribution in [0, 0.1) is 11.6 Å². The number of carbonyl (C=O) groups is 1. The largest absolute Gasteiger partial charge is 0.459 e. The van der Waals surface area contributed by atoms with E-state index in [0.29, 0.717) is 5.56 Å². The van der Waals surface area contributed by atoms with Crippen LogP contribution in [0.25, 0.3) is 0 Å². The molecular formula is C23H19ClF2N2O6. The Bertz CT molecular complexity index is 1300. The maximum absolute atomic E-state index is 14.2. The third-order valence-corrected chi connectivity index (χ3v) is 5.51. The van der Waals surface area contributed by atoms with E-state index in [2.05, 4.69) is 0 Å². The van der Waals surface area contributed by atoms with Gasteiger partial charge < -0.3 is 14.2 Å². The smallest absolute Gasteiger partial charge is 0.338 e. The van der Waals surface area contributed by atoms with Crippen molar-refractivity contribution in [1.29, 1.82) is 0 Å². The van der Waals surface area contributed by atoms with E-state index in [1.165, 1.54) is 12.1 Å². The Morgan fingerprint density at radius 1 is 1.15 bits per heavy atom. The number of aromatic nitrogens is 2. The van der Waals surface area contributed by atoms with Gasteiger partial charge >= 0.3 is 11.7 Å². The van der Waals surface area contributed by atoms with Crippen LogP contribution in [0.3, 0.4) is 0 Å². The van der Waals surface area contributed by atoms with Crippen LogP contribution >= 0.6 is 11.6 Å². The van der Waals surface area contributed by atoms with Crippen molar-refractivity contribution in [3.8, 4) is 0 Å². The summed E-state index contributed by atoms with van der Waals surface area (Å²) in [4.78, 5) is 37.7. The zero-order chi connectivity index (χ0) is 24.2. The number of rotatable bonds is 7. The number of ether oxygens (including phenoxy) is 3. The van der Waals surface area contributed by atoms with Crippen LogP contribution in [0.5, 0.6) is 0 Å². The lowest BCUT2D eigenvalue weighted by Gasteiger charge is -2.19. The summed E-state index contributed by atoms with van der Waals surface area (Å²) in [5.74, 6) is -2.32. The molecule has 0 bridgehead atoms. The van der Waals surface area contributed by atoms with E-state index < -0.39 is 47.3 Å². The quantitative estimate of drug-likeness (QED) is 0.508. The molecule has 1 saturated heterocycles. The minimum Gasteiger partial charge on any atom is -0.459 e. The fourth-order valence-corrected chi connectivity index (χ4v) is 3.68. The Kier molecular flexibility index (Phi) is 7.20. The molecule has 1 fully saturated rings. The Labute approximate surface area is 196 Å². The zero-order valence-corrected chi connectivity index (χ0v) is 18.3. The van der Waals surface area contributed by atoms with Crippen LogP contribution in [0.2, 0.25) is 5.02 Å². The predicted molar refractivity (Wildman–Crippen MR) is 117 cm³/mol. The van der Waals surface area contributed by atoms with Crippen molar-refractivity contribution in [2.45, 2.75) is 31.5 Å². The Hall–Kier alpha value is -3.34. The minimum atomic E-state index is -1.16. The van der Waals surface area contributed by atoms with Crippen molar-refractivity contribution in [2.75, 3.05) is 6.61 Å². The van der Waals surface area contributed by atoms with Gasteiger partial charge in [-0.15, -0.1) is 0 Å². The Morgan fingerprint density at radius 2 is 1.91 bits per heavy atom. The average Bonchev–Trinajstić information content (AvgIpc) is 3.22. The second kappa shape index (κ2) is 10.3. The minimum absolute atomic E-state index is 0.0498.